The van der Waals surface area contributed by atoms with E-state index in [1.807, 2.05) is 0 Å². The van der Waals surface area contributed by atoms with Gasteiger partial charge in [-0.2, -0.15) is 11.8 Å². The Labute approximate surface area is 64.9 Å². The molecule has 1 amide bonds. The molecule has 1 heterocycles. The minimum Gasteiger partial charge on any atom is -0.353 e. The van der Waals surface area contributed by atoms with E-state index in [0.717, 1.165) is 12.3 Å². The van der Waals surface area contributed by atoms with E-state index in [9.17, 15) is 4.79 Å². The first-order chi connectivity index (χ1) is 4.83. The van der Waals surface area contributed by atoms with Crippen molar-refractivity contribution in [3.63, 3.8) is 0 Å². The van der Waals surface area contributed by atoms with Crippen LogP contribution < -0.4 is 10.6 Å². The lowest BCUT2D eigenvalue weighted by Crippen LogP contribution is -2.52. The van der Waals surface area contributed by atoms with Gasteiger partial charge in [0.15, 0.2) is 0 Å². The Morgan fingerprint density at radius 1 is 1.80 bits per heavy atom. The lowest BCUT2D eigenvalue weighted by atomic mass is 10.3. The number of piperazine rings is 1. The fourth-order valence-corrected chi connectivity index (χ4v) is 1.57. The summed E-state index contributed by atoms with van der Waals surface area (Å²) in [5.74, 6) is 1.18. The van der Waals surface area contributed by atoms with Gasteiger partial charge in [-0.3, -0.25) is 4.79 Å². The van der Waals surface area contributed by atoms with Crippen LogP contribution in [0.1, 0.15) is 0 Å². The average Bonchev–Trinajstić information content (AvgIpc) is 1.95. The molecule has 10 heavy (non-hydrogen) atoms. The number of nitrogens with one attached hydrogen (secondary N) is 2. The third-order valence-corrected chi connectivity index (χ3v) is 2.20. The van der Waals surface area contributed by atoms with E-state index in [1.54, 1.807) is 11.8 Å². The highest BCUT2D eigenvalue weighted by molar-refractivity contribution is 7.98. The van der Waals surface area contributed by atoms with Crippen molar-refractivity contribution in [2.75, 3.05) is 25.1 Å². The molecule has 2 N–H and O–H groups in total. The molecule has 4 heteroatoms. The number of hydrogen-bond donors (Lipinski definition) is 2. The fourth-order valence-electron chi connectivity index (χ4n) is 0.928. The molecule has 1 aliphatic heterocycles. The highest BCUT2D eigenvalue weighted by Crippen LogP contribution is 1.97. The smallest absolute Gasteiger partial charge is 0.234 e. The molecular formula is C6H12N2OS. The highest BCUT2D eigenvalue weighted by Gasteiger charge is 2.15. The van der Waals surface area contributed by atoms with Crippen LogP contribution >= 0.6 is 11.8 Å². The molecule has 58 valence electrons. The van der Waals surface area contributed by atoms with Gasteiger partial charge in [-0.05, 0) is 6.26 Å². The van der Waals surface area contributed by atoms with Crippen molar-refractivity contribution in [1.82, 2.24) is 10.6 Å². The summed E-state index contributed by atoms with van der Waals surface area (Å²) < 4.78 is 0. The van der Waals surface area contributed by atoms with Crippen LogP contribution in [0.15, 0.2) is 0 Å². The van der Waals surface area contributed by atoms with Gasteiger partial charge in [0.05, 0.1) is 6.54 Å². The molecule has 0 saturated carbocycles. The molecule has 3 nitrogen and oxygen atoms in total. The normalized spacial score (nSPS) is 26.1. The molecule has 0 spiro atoms. The van der Waals surface area contributed by atoms with E-state index in [-0.39, 0.29) is 5.91 Å². The van der Waals surface area contributed by atoms with Gasteiger partial charge in [-0.25, -0.2) is 0 Å². The van der Waals surface area contributed by atoms with E-state index >= 15 is 0 Å². The van der Waals surface area contributed by atoms with Crippen molar-refractivity contribution in [3.05, 3.63) is 0 Å². The summed E-state index contributed by atoms with van der Waals surface area (Å²) in [7, 11) is 0. The molecule has 0 aliphatic carbocycles. The van der Waals surface area contributed by atoms with Gasteiger partial charge in [0.2, 0.25) is 5.91 Å². The topological polar surface area (TPSA) is 41.1 Å². The second-order valence-electron chi connectivity index (χ2n) is 2.34. The van der Waals surface area contributed by atoms with Gasteiger partial charge in [0.1, 0.15) is 0 Å². The van der Waals surface area contributed by atoms with Crippen molar-refractivity contribution in [2.45, 2.75) is 6.04 Å². The highest BCUT2D eigenvalue weighted by atomic mass is 32.2. The maximum atomic E-state index is 10.6. The SMILES string of the molecule is CSC[C@@H]1CNC(=O)CN1. The fraction of sp³-hybridized carbons (Fsp3) is 0.833. The van der Waals surface area contributed by atoms with Crippen LogP contribution in [0.5, 0.6) is 0 Å². The second kappa shape index (κ2) is 3.83. The lowest BCUT2D eigenvalue weighted by Gasteiger charge is -2.22. The standard InChI is InChI=1S/C6H12N2OS/c1-10-4-5-2-8-6(9)3-7-5/h5,7H,2-4H2,1H3,(H,8,9)/t5-/m0/s1. The number of thioether (sulfide) groups is 1. The van der Waals surface area contributed by atoms with Gasteiger partial charge in [-0.1, -0.05) is 0 Å². The Bertz CT molecular complexity index is 119. The number of amides is 1. The van der Waals surface area contributed by atoms with Crippen molar-refractivity contribution >= 4 is 17.7 Å². The van der Waals surface area contributed by atoms with E-state index in [2.05, 4.69) is 16.9 Å². The molecule has 0 aromatic carbocycles. The minimum atomic E-state index is 0.109. The van der Waals surface area contributed by atoms with E-state index in [1.165, 1.54) is 0 Å². The monoisotopic (exact) mass is 160 g/mol. The van der Waals surface area contributed by atoms with Crippen LogP contribution in [0.2, 0.25) is 0 Å². The van der Waals surface area contributed by atoms with Gasteiger partial charge in [0, 0.05) is 18.3 Å². The number of carbonyl (C=O) groups excluding carboxylic acids is 1. The molecule has 1 saturated heterocycles. The summed E-state index contributed by atoms with van der Waals surface area (Å²) >= 11 is 1.80. The van der Waals surface area contributed by atoms with Gasteiger partial charge >= 0.3 is 0 Å². The van der Waals surface area contributed by atoms with Crippen molar-refractivity contribution in [2.24, 2.45) is 0 Å². The zero-order chi connectivity index (χ0) is 7.40. The molecule has 0 aromatic heterocycles. The third kappa shape index (κ3) is 2.19. The van der Waals surface area contributed by atoms with Crippen LogP contribution in [-0.4, -0.2) is 37.0 Å². The Balaban J connectivity index is 2.19. The molecular weight excluding hydrogens is 148 g/mol. The Kier molecular flexibility index (Phi) is 3.02. The molecule has 1 aliphatic rings. The second-order valence-corrected chi connectivity index (χ2v) is 3.25. The predicted molar refractivity (Wildman–Crippen MR) is 43.2 cm³/mol. The minimum absolute atomic E-state index is 0.109. The zero-order valence-corrected chi connectivity index (χ0v) is 6.83. The summed E-state index contributed by atoms with van der Waals surface area (Å²) in [5, 5.41) is 5.94. The van der Waals surface area contributed by atoms with Crippen molar-refractivity contribution in [1.29, 1.82) is 0 Å². The maximum Gasteiger partial charge on any atom is 0.234 e. The first kappa shape index (κ1) is 7.88. The van der Waals surface area contributed by atoms with Gasteiger partial charge in [-0.15, -0.1) is 0 Å². The maximum absolute atomic E-state index is 10.6. The first-order valence-corrected chi connectivity index (χ1v) is 4.71. The van der Waals surface area contributed by atoms with E-state index < -0.39 is 0 Å². The zero-order valence-electron chi connectivity index (χ0n) is 6.02. The van der Waals surface area contributed by atoms with Gasteiger partial charge < -0.3 is 10.6 Å². The summed E-state index contributed by atoms with van der Waals surface area (Å²) in [5.41, 5.74) is 0. The first-order valence-electron chi connectivity index (χ1n) is 3.32. The van der Waals surface area contributed by atoms with Crippen molar-refractivity contribution in [3.8, 4) is 0 Å². The summed E-state index contributed by atoms with van der Waals surface area (Å²) in [6.45, 7) is 1.25. The molecule has 1 atom stereocenters. The number of rotatable bonds is 2. The van der Waals surface area contributed by atoms with Crippen LogP contribution in [-0.2, 0) is 4.79 Å². The molecule has 0 radical (unpaired) electrons. The Morgan fingerprint density at radius 2 is 2.60 bits per heavy atom. The quantitative estimate of drug-likeness (QED) is 0.569. The molecule has 0 aromatic rings. The summed E-state index contributed by atoms with van der Waals surface area (Å²) in [6, 6.07) is 0.465. The average molecular weight is 160 g/mol. The molecule has 0 unspecified atom stereocenters. The van der Waals surface area contributed by atoms with Crippen LogP contribution in [0.3, 0.4) is 0 Å². The summed E-state index contributed by atoms with van der Waals surface area (Å²) in [6.07, 6.45) is 2.07. The Hall–Kier alpha value is -0.220. The number of hydrogen-bond acceptors (Lipinski definition) is 3. The van der Waals surface area contributed by atoms with Gasteiger partial charge in [0.25, 0.3) is 0 Å². The van der Waals surface area contributed by atoms with E-state index in [0.29, 0.717) is 12.6 Å². The van der Waals surface area contributed by atoms with Crippen LogP contribution in [0.25, 0.3) is 0 Å². The van der Waals surface area contributed by atoms with Crippen LogP contribution in [0, 0.1) is 0 Å². The van der Waals surface area contributed by atoms with E-state index in [4.69, 9.17) is 0 Å². The number of carbonyl (C=O) groups is 1. The molecule has 1 fully saturated rings. The Morgan fingerprint density at radius 3 is 3.10 bits per heavy atom. The van der Waals surface area contributed by atoms with Crippen LogP contribution in [0.4, 0.5) is 0 Å². The summed E-state index contributed by atoms with van der Waals surface area (Å²) in [4.78, 5) is 10.6. The third-order valence-electron chi connectivity index (χ3n) is 1.46. The molecule has 0 bridgehead atoms. The largest absolute Gasteiger partial charge is 0.353 e. The molecule has 1 rings (SSSR count). The lowest BCUT2D eigenvalue weighted by molar-refractivity contribution is -0.121. The van der Waals surface area contributed by atoms with Crippen molar-refractivity contribution < 1.29 is 4.79 Å². The predicted octanol–water partition coefficient (Wildman–Crippen LogP) is -0.563.